The Balaban J connectivity index is 2.29. The number of carboxylic acids is 1. The van der Waals surface area contributed by atoms with Crippen molar-refractivity contribution in [1.29, 1.82) is 0 Å². The highest BCUT2D eigenvalue weighted by Gasteiger charge is 2.11. The SMILES string of the molecule is Nc1cccc(OCCNS(=O)(=O)CCC(=O)O)c1. The van der Waals surface area contributed by atoms with Crippen LogP contribution in [0, 0.1) is 0 Å². The number of carbonyl (C=O) groups is 1. The van der Waals surface area contributed by atoms with Crippen LogP contribution in [0.15, 0.2) is 24.3 Å². The first-order valence-corrected chi connectivity index (χ1v) is 7.22. The molecule has 0 aromatic heterocycles. The lowest BCUT2D eigenvalue weighted by Gasteiger charge is -2.08. The number of nitrogens with one attached hydrogen (secondary N) is 1. The Morgan fingerprint density at radius 3 is 2.79 bits per heavy atom. The van der Waals surface area contributed by atoms with E-state index in [1.54, 1.807) is 24.3 Å². The maximum absolute atomic E-state index is 11.4. The summed E-state index contributed by atoms with van der Waals surface area (Å²) in [6.45, 7) is 0.201. The van der Waals surface area contributed by atoms with Gasteiger partial charge in [0.05, 0.1) is 12.2 Å². The number of sulfonamides is 1. The summed E-state index contributed by atoms with van der Waals surface area (Å²) in [6.07, 6.45) is -0.425. The van der Waals surface area contributed by atoms with E-state index in [9.17, 15) is 13.2 Å². The fraction of sp³-hybridized carbons (Fsp3) is 0.364. The summed E-state index contributed by atoms with van der Waals surface area (Å²) in [5, 5.41) is 8.39. The zero-order valence-corrected chi connectivity index (χ0v) is 11.0. The van der Waals surface area contributed by atoms with Gasteiger partial charge in [0.1, 0.15) is 12.4 Å². The quantitative estimate of drug-likeness (QED) is 0.459. The Hall–Kier alpha value is -1.80. The fourth-order valence-corrected chi connectivity index (χ4v) is 2.25. The van der Waals surface area contributed by atoms with Gasteiger partial charge in [0.2, 0.25) is 10.0 Å². The second kappa shape index (κ2) is 6.95. The summed E-state index contributed by atoms with van der Waals surface area (Å²) in [7, 11) is -3.57. The first-order chi connectivity index (χ1) is 8.89. The third kappa shape index (κ3) is 6.63. The van der Waals surface area contributed by atoms with Crippen molar-refractivity contribution in [2.45, 2.75) is 6.42 Å². The molecule has 0 aliphatic heterocycles. The second-order valence-electron chi connectivity index (χ2n) is 3.78. The molecule has 0 fully saturated rings. The van der Waals surface area contributed by atoms with Crippen LogP contribution in [0.25, 0.3) is 0 Å². The minimum Gasteiger partial charge on any atom is -0.492 e. The molecule has 7 nitrogen and oxygen atoms in total. The van der Waals surface area contributed by atoms with Crippen LogP contribution in [0.3, 0.4) is 0 Å². The average molecular weight is 288 g/mol. The minimum absolute atomic E-state index is 0.0662. The third-order valence-electron chi connectivity index (χ3n) is 2.14. The summed E-state index contributed by atoms with van der Waals surface area (Å²) in [5.41, 5.74) is 6.11. The third-order valence-corrected chi connectivity index (χ3v) is 3.52. The standard InChI is InChI=1S/C11H16N2O5S/c12-9-2-1-3-10(8-9)18-6-5-13-19(16,17)7-4-11(14)15/h1-3,8,13H,4-7,12H2,(H,14,15). The second-order valence-corrected chi connectivity index (χ2v) is 5.70. The molecule has 4 N–H and O–H groups in total. The molecule has 106 valence electrons. The lowest BCUT2D eigenvalue weighted by Crippen LogP contribution is -2.31. The van der Waals surface area contributed by atoms with Gasteiger partial charge in [-0.25, -0.2) is 13.1 Å². The first kappa shape index (κ1) is 15.3. The topological polar surface area (TPSA) is 119 Å². The number of carboxylic acid groups (broad SMARTS) is 1. The fourth-order valence-electron chi connectivity index (χ4n) is 1.26. The van der Waals surface area contributed by atoms with Crippen molar-refractivity contribution in [3.8, 4) is 5.75 Å². The van der Waals surface area contributed by atoms with Crippen LogP contribution in [0.1, 0.15) is 6.42 Å². The van der Waals surface area contributed by atoms with E-state index < -0.39 is 28.2 Å². The summed E-state index contributed by atoms with van der Waals surface area (Å²) in [5.74, 6) is -1.05. The van der Waals surface area contributed by atoms with Gasteiger partial charge in [-0.1, -0.05) is 6.07 Å². The van der Waals surface area contributed by atoms with Crippen molar-refractivity contribution in [3.05, 3.63) is 24.3 Å². The van der Waals surface area contributed by atoms with Gasteiger partial charge in [-0.2, -0.15) is 0 Å². The molecule has 0 radical (unpaired) electrons. The Labute approximate surface area is 111 Å². The normalized spacial score (nSPS) is 11.2. The number of aliphatic carboxylic acids is 1. The van der Waals surface area contributed by atoms with E-state index in [0.29, 0.717) is 11.4 Å². The Morgan fingerprint density at radius 1 is 1.42 bits per heavy atom. The number of anilines is 1. The predicted molar refractivity (Wildman–Crippen MR) is 70.4 cm³/mol. The molecule has 8 heteroatoms. The van der Waals surface area contributed by atoms with Gasteiger partial charge in [-0.3, -0.25) is 4.79 Å². The van der Waals surface area contributed by atoms with E-state index in [1.165, 1.54) is 0 Å². The van der Waals surface area contributed by atoms with E-state index >= 15 is 0 Å². The Bertz CT molecular complexity index is 530. The van der Waals surface area contributed by atoms with Crippen LogP contribution in [-0.4, -0.2) is 38.4 Å². The van der Waals surface area contributed by atoms with E-state index in [0.717, 1.165) is 0 Å². The molecule has 1 rings (SSSR count). The van der Waals surface area contributed by atoms with Crippen LogP contribution < -0.4 is 15.2 Å². The van der Waals surface area contributed by atoms with E-state index in [1.807, 2.05) is 0 Å². The number of ether oxygens (including phenoxy) is 1. The highest BCUT2D eigenvalue weighted by Crippen LogP contribution is 2.13. The molecule has 0 saturated carbocycles. The van der Waals surface area contributed by atoms with Crippen LogP contribution in [-0.2, 0) is 14.8 Å². The molecular formula is C11H16N2O5S. The Morgan fingerprint density at radius 2 is 2.16 bits per heavy atom. The van der Waals surface area contributed by atoms with E-state index in [2.05, 4.69) is 4.72 Å². The molecular weight excluding hydrogens is 272 g/mol. The highest BCUT2D eigenvalue weighted by molar-refractivity contribution is 7.89. The Kier molecular flexibility index (Phi) is 5.58. The molecule has 1 aromatic rings. The molecule has 0 spiro atoms. The number of nitrogen functional groups attached to an aromatic ring is 1. The van der Waals surface area contributed by atoms with Crippen LogP contribution in [0.4, 0.5) is 5.69 Å². The molecule has 0 unspecified atom stereocenters. The van der Waals surface area contributed by atoms with Crippen molar-refractivity contribution >= 4 is 21.7 Å². The maximum atomic E-state index is 11.4. The molecule has 19 heavy (non-hydrogen) atoms. The van der Waals surface area contributed by atoms with Gasteiger partial charge in [0.25, 0.3) is 0 Å². The molecule has 0 atom stereocenters. The van der Waals surface area contributed by atoms with Gasteiger partial charge >= 0.3 is 5.97 Å². The zero-order valence-electron chi connectivity index (χ0n) is 10.2. The van der Waals surface area contributed by atoms with Crippen molar-refractivity contribution in [1.82, 2.24) is 4.72 Å². The predicted octanol–water partition coefficient (Wildman–Crippen LogP) is 0.0417. The number of rotatable bonds is 8. The molecule has 0 saturated heterocycles. The number of nitrogens with two attached hydrogens (primary N) is 1. The molecule has 0 bridgehead atoms. The molecule has 0 heterocycles. The van der Waals surface area contributed by atoms with Crippen LogP contribution in [0.5, 0.6) is 5.75 Å². The van der Waals surface area contributed by atoms with Crippen LogP contribution >= 0.6 is 0 Å². The number of hydrogen-bond acceptors (Lipinski definition) is 5. The molecule has 0 amide bonds. The van der Waals surface area contributed by atoms with Crippen molar-refractivity contribution in [2.75, 3.05) is 24.6 Å². The number of benzene rings is 1. The van der Waals surface area contributed by atoms with Crippen molar-refractivity contribution < 1.29 is 23.1 Å². The molecule has 0 aliphatic rings. The van der Waals surface area contributed by atoms with Crippen molar-refractivity contribution in [3.63, 3.8) is 0 Å². The minimum atomic E-state index is -3.57. The lowest BCUT2D eigenvalue weighted by atomic mass is 10.3. The largest absolute Gasteiger partial charge is 0.492 e. The zero-order chi connectivity index (χ0) is 14.3. The lowest BCUT2D eigenvalue weighted by molar-refractivity contribution is -0.136. The van der Waals surface area contributed by atoms with Crippen LogP contribution in [0.2, 0.25) is 0 Å². The summed E-state index contributed by atoms with van der Waals surface area (Å²) >= 11 is 0. The summed E-state index contributed by atoms with van der Waals surface area (Å²) < 4.78 is 30.2. The van der Waals surface area contributed by atoms with Gasteiger partial charge in [0.15, 0.2) is 0 Å². The first-order valence-electron chi connectivity index (χ1n) is 5.56. The van der Waals surface area contributed by atoms with E-state index in [-0.39, 0.29) is 13.2 Å². The smallest absolute Gasteiger partial charge is 0.304 e. The molecule has 1 aromatic carbocycles. The average Bonchev–Trinajstić information content (AvgIpc) is 2.33. The highest BCUT2D eigenvalue weighted by atomic mass is 32.2. The summed E-state index contributed by atoms with van der Waals surface area (Å²) in [6, 6.07) is 6.76. The van der Waals surface area contributed by atoms with Gasteiger partial charge in [-0.05, 0) is 12.1 Å². The van der Waals surface area contributed by atoms with Crippen molar-refractivity contribution in [2.24, 2.45) is 0 Å². The number of hydrogen-bond donors (Lipinski definition) is 3. The van der Waals surface area contributed by atoms with Gasteiger partial charge in [0, 0.05) is 18.3 Å². The van der Waals surface area contributed by atoms with Gasteiger partial charge < -0.3 is 15.6 Å². The monoisotopic (exact) mass is 288 g/mol. The summed E-state index contributed by atoms with van der Waals surface area (Å²) in [4.78, 5) is 10.3. The maximum Gasteiger partial charge on any atom is 0.304 e. The molecule has 0 aliphatic carbocycles. The van der Waals surface area contributed by atoms with E-state index in [4.69, 9.17) is 15.6 Å². The van der Waals surface area contributed by atoms with Gasteiger partial charge in [-0.15, -0.1) is 0 Å².